The molecule has 0 unspecified atom stereocenters. The van der Waals surface area contributed by atoms with Crippen LogP contribution in [-0.2, 0) is 12.1 Å². The van der Waals surface area contributed by atoms with Gasteiger partial charge in [-0.05, 0) is 50.6 Å². The summed E-state index contributed by atoms with van der Waals surface area (Å²) in [6.07, 6.45) is 3.96. The van der Waals surface area contributed by atoms with Gasteiger partial charge in [0.25, 0.3) is 5.91 Å². The first-order valence-corrected chi connectivity index (χ1v) is 9.60. The maximum Gasteiger partial charge on any atom is 0.252 e. The van der Waals surface area contributed by atoms with Gasteiger partial charge in [-0.15, -0.1) is 0 Å². The number of ether oxygens (including phenoxy) is 1. The number of benzene rings is 1. The molecule has 0 bridgehead atoms. The van der Waals surface area contributed by atoms with Crippen LogP contribution in [0.25, 0.3) is 5.65 Å². The summed E-state index contributed by atoms with van der Waals surface area (Å²) in [7, 11) is 0. The third kappa shape index (κ3) is 4.17. The molecule has 30 heavy (non-hydrogen) atoms. The summed E-state index contributed by atoms with van der Waals surface area (Å²) in [5.41, 5.74) is 2.53. The lowest BCUT2D eigenvalue weighted by molar-refractivity contribution is 0.0907. The number of hydrogen-bond donors (Lipinski definition) is 1. The van der Waals surface area contributed by atoms with E-state index in [-0.39, 0.29) is 5.91 Å². The van der Waals surface area contributed by atoms with Crippen molar-refractivity contribution >= 4 is 11.6 Å². The fourth-order valence-electron chi connectivity index (χ4n) is 3.07. The van der Waals surface area contributed by atoms with Gasteiger partial charge in [0.1, 0.15) is 18.0 Å². The van der Waals surface area contributed by atoms with Crippen LogP contribution in [0.2, 0.25) is 0 Å². The van der Waals surface area contributed by atoms with Crippen LogP contribution in [0.3, 0.4) is 0 Å². The SMILES string of the molecule is Cc1ccc2nc(COc3cccc(C(=O)NC(C)(C)c4noc(C)n4)c3)cn2c1. The van der Waals surface area contributed by atoms with Gasteiger partial charge in [-0.3, -0.25) is 4.79 Å². The summed E-state index contributed by atoms with van der Waals surface area (Å²) in [6.45, 7) is 7.69. The molecule has 154 valence electrons. The minimum absolute atomic E-state index is 0.254. The minimum Gasteiger partial charge on any atom is -0.487 e. The number of imidazole rings is 1. The van der Waals surface area contributed by atoms with Crippen molar-refractivity contribution in [3.05, 3.63) is 77.3 Å². The summed E-state index contributed by atoms with van der Waals surface area (Å²) >= 11 is 0. The van der Waals surface area contributed by atoms with Crippen LogP contribution in [0.1, 0.15) is 47.2 Å². The van der Waals surface area contributed by atoms with E-state index < -0.39 is 5.54 Å². The molecule has 0 saturated carbocycles. The molecule has 8 nitrogen and oxygen atoms in total. The largest absolute Gasteiger partial charge is 0.487 e. The average molecular weight is 405 g/mol. The average Bonchev–Trinajstić information content (AvgIpc) is 3.32. The van der Waals surface area contributed by atoms with Gasteiger partial charge in [-0.25, -0.2) is 4.98 Å². The lowest BCUT2D eigenvalue weighted by atomic mass is 10.0. The third-order valence-corrected chi connectivity index (χ3v) is 4.64. The smallest absolute Gasteiger partial charge is 0.252 e. The Balaban J connectivity index is 1.44. The minimum atomic E-state index is -0.777. The molecule has 0 aliphatic rings. The van der Waals surface area contributed by atoms with E-state index in [1.807, 2.05) is 55.8 Å². The zero-order chi connectivity index (χ0) is 21.3. The second-order valence-corrected chi connectivity index (χ2v) is 7.74. The molecule has 4 rings (SSSR count). The van der Waals surface area contributed by atoms with Gasteiger partial charge in [0.15, 0.2) is 5.82 Å². The Morgan fingerprint density at radius 2 is 2.00 bits per heavy atom. The van der Waals surface area contributed by atoms with Crippen LogP contribution >= 0.6 is 0 Å². The van der Waals surface area contributed by atoms with Crippen molar-refractivity contribution in [1.82, 2.24) is 24.8 Å². The Hall–Kier alpha value is -3.68. The van der Waals surface area contributed by atoms with Crippen LogP contribution in [0.4, 0.5) is 0 Å². The lowest BCUT2D eigenvalue weighted by Crippen LogP contribution is -2.41. The van der Waals surface area contributed by atoms with Crippen molar-refractivity contribution in [1.29, 1.82) is 0 Å². The monoisotopic (exact) mass is 405 g/mol. The number of hydrogen-bond acceptors (Lipinski definition) is 6. The van der Waals surface area contributed by atoms with E-state index in [0.29, 0.717) is 29.6 Å². The highest BCUT2D eigenvalue weighted by Crippen LogP contribution is 2.20. The molecule has 1 amide bonds. The molecule has 8 heteroatoms. The van der Waals surface area contributed by atoms with E-state index in [1.54, 1.807) is 25.1 Å². The number of pyridine rings is 1. The summed E-state index contributed by atoms with van der Waals surface area (Å²) in [5.74, 6) is 1.20. The molecule has 0 saturated heterocycles. The van der Waals surface area contributed by atoms with Crippen molar-refractivity contribution in [2.24, 2.45) is 0 Å². The Morgan fingerprint density at radius 1 is 1.17 bits per heavy atom. The van der Waals surface area contributed by atoms with Gasteiger partial charge >= 0.3 is 0 Å². The van der Waals surface area contributed by atoms with Crippen molar-refractivity contribution in [2.45, 2.75) is 39.8 Å². The number of aryl methyl sites for hydroxylation is 2. The predicted molar refractivity (Wildman–Crippen MR) is 110 cm³/mol. The molecule has 3 heterocycles. The second-order valence-electron chi connectivity index (χ2n) is 7.74. The zero-order valence-corrected chi connectivity index (χ0v) is 17.3. The van der Waals surface area contributed by atoms with E-state index in [0.717, 1.165) is 16.9 Å². The highest BCUT2D eigenvalue weighted by molar-refractivity contribution is 5.95. The maximum atomic E-state index is 12.7. The number of nitrogens with zero attached hydrogens (tertiary/aromatic N) is 4. The summed E-state index contributed by atoms with van der Waals surface area (Å²) in [6, 6.07) is 11.0. The van der Waals surface area contributed by atoms with Crippen LogP contribution in [-0.4, -0.2) is 25.4 Å². The molecule has 4 aromatic rings. The van der Waals surface area contributed by atoms with Gasteiger partial charge in [-0.1, -0.05) is 17.3 Å². The number of carbonyl (C=O) groups is 1. The fourth-order valence-corrected chi connectivity index (χ4v) is 3.07. The van der Waals surface area contributed by atoms with Gasteiger partial charge in [0.2, 0.25) is 5.89 Å². The topological polar surface area (TPSA) is 94.5 Å². The molecule has 1 aromatic carbocycles. The summed E-state index contributed by atoms with van der Waals surface area (Å²) in [5, 5.41) is 6.83. The summed E-state index contributed by atoms with van der Waals surface area (Å²) in [4.78, 5) is 21.5. The Morgan fingerprint density at radius 3 is 2.77 bits per heavy atom. The molecule has 3 aromatic heterocycles. The molecule has 0 atom stereocenters. The second kappa shape index (κ2) is 7.62. The van der Waals surface area contributed by atoms with E-state index in [9.17, 15) is 4.79 Å². The van der Waals surface area contributed by atoms with E-state index in [1.165, 1.54) is 0 Å². The number of amides is 1. The quantitative estimate of drug-likeness (QED) is 0.527. The number of nitrogens with one attached hydrogen (secondary N) is 1. The van der Waals surface area contributed by atoms with Gasteiger partial charge in [0, 0.05) is 24.9 Å². The molecule has 0 radical (unpaired) electrons. The third-order valence-electron chi connectivity index (χ3n) is 4.64. The maximum absolute atomic E-state index is 12.7. The molecule has 0 fully saturated rings. The first-order valence-electron chi connectivity index (χ1n) is 9.60. The normalized spacial score (nSPS) is 11.6. The van der Waals surface area contributed by atoms with E-state index in [2.05, 4.69) is 20.4 Å². The first-order chi connectivity index (χ1) is 14.3. The Labute approximate surface area is 173 Å². The molecule has 0 aliphatic carbocycles. The van der Waals surface area contributed by atoms with Crippen LogP contribution < -0.4 is 10.1 Å². The first kappa shape index (κ1) is 19.6. The number of aromatic nitrogens is 4. The number of fused-ring (bicyclic) bond motifs is 1. The highest BCUT2D eigenvalue weighted by atomic mass is 16.5. The van der Waals surface area contributed by atoms with E-state index >= 15 is 0 Å². The molecule has 0 aliphatic heterocycles. The van der Waals surface area contributed by atoms with Crippen LogP contribution in [0.5, 0.6) is 5.75 Å². The van der Waals surface area contributed by atoms with Crippen molar-refractivity contribution in [3.63, 3.8) is 0 Å². The summed E-state index contributed by atoms with van der Waals surface area (Å²) < 4.78 is 12.9. The lowest BCUT2D eigenvalue weighted by Gasteiger charge is -2.22. The number of rotatable bonds is 6. The Kier molecular flexibility index (Phi) is 4.99. The van der Waals surface area contributed by atoms with Gasteiger partial charge < -0.3 is 19.0 Å². The van der Waals surface area contributed by atoms with Crippen LogP contribution in [0, 0.1) is 13.8 Å². The molecule has 0 spiro atoms. The van der Waals surface area contributed by atoms with Crippen LogP contribution in [0.15, 0.2) is 53.3 Å². The van der Waals surface area contributed by atoms with Gasteiger partial charge in [0.05, 0.1) is 11.2 Å². The molecular formula is C22H23N5O3. The van der Waals surface area contributed by atoms with E-state index in [4.69, 9.17) is 9.26 Å². The molecule has 1 N–H and O–H groups in total. The standard InChI is InChI=1S/C22H23N5O3/c1-14-8-9-19-24-17(12-27(19)11-14)13-29-18-7-5-6-16(10-18)20(28)25-22(3,4)21-23-15(2)30-26-21/h5-12H,13H2,1-4H3,(H,25,28). The van der Waals surface area contributed by atoms with Crippen molar-refractivity contribution < 1.29 is 14.1 Å². The highest BCUT2D eigenvalue weighted by Gasteiger charge is 2.28. The molecular weight excluding hydrogens is 382 g/mol. The van der Waals surface area contributed by atoms with Crippen molar-refractivity contribution in [3.8, 4) is 5.75 Å². The van der Waals surface area contributed by atoms with Gasteiger partial charge in [-0.2, -0.15) is 4.98 Å². The Bertz CT molecular complexity index is 1210. The zero-order valence-electron chi connectivity index (χ0n) is 17.3. The number of carbonyl (C=O) groups excluding carboxylic acids is 1. The fraction of sp³-hybridized carbons (Fsp3) is 0.273. The predicted octanol–water partition coefficient (Wildman–Crippen LogP) is 3.58. The van der Waals surface area contributed by atoms with Crippen molar-refractivity contribution in [2.75, 3.05) is 0 Å².